The van der Waals surface area contributed by atoms with Crippen molar-refractivity contribution in [3.8, 4) is 11.3 Å². The summed E-state index contributed by atoms with van der Waals surface area (Å²) in [7, 11) is 0. The van der Waals surface area contributed by atoms with Gasteiger partial charge < -0.3 is 9.97 Å². The fourth-order valence-corrected chi connectivity index (χ4v) is 3.76. The number of benzene rings is 1. The Morgan fingerprint density at radius 3 is 2.89 bits per heavy atom. The highest BCUT2D eigenvalue weighted by molar-refractivity contribution is 5.58. The number of aryl methyl sites for hydroxylation is 1. The fraction of sp³-hybridized carbons (Fsp3) is 0.381. The van der Waals surface area contributed by atoms with E-state index in [9.17, 15) is 4.79 Å². The summed E-state index contributed by atoms with van der Waals surface area (Å²) in [6.07, 6.45) is 4.93. The normalized spacial score (nSPS) is 17.9. The van der Waals surface area contributed by atoms with Gasteiger partial charge >= 0.3 is 0 Å². The molecule has 140 valence electrons. The Morgan fingerprint density at radius 1 is 1.22 bits per heavy atom. The number of hydrogen-bond donors (Lipinski definition) is 2. The first-order valence-electron chi connectivity index (χ1n) is 9.63. The van der Waals surface area contributed by atoms with Crippen LogP contribution in [0.3, 0.4) is 0 Å². The third-order valence-corrected chi connectivity index (χ3v) is 5.15. The van der Waals surface area contributed by atoms with Gasteiger partial charge in [-0.3, -0.25) is 9.69 Å². The maximum Gasteiger partial charge on any atom is 0.251 e. The van der Waals surface area contributed by atoms with Crippen molar-refractivity contribution >= 4 is 0 Å². The quantitative estimate of drug-likeness (QED) is 0.730. The van der Waals surface area contributed by atoms with E-state index in [4.69, 9.17) is 0 Å². The Balaban J connectivity index is 1.46. The number of imidazole rings is 1. The summed E-state index contributed by atoms with van der Waals surface area (Å²) in [4.78, 5) is 29.8. The van der Waals surface area contributed by atoms with Crippen molar-refractivity contribution in [3.63, 3.8) is 0 Å². The standard InChI is InChI=1S/C21H25N5O/c1-2-17-11-20(27)25-19(23-17)14-26-10-6-9-16(13-26)21-22-12-18(24-21)15-7-4-3-5-8-15/h3-5,7-8,11-12,16H,2,6,9-10,13-14H2,1H3,(H,22,24)(H,23,25,27). The molecule has 0 saturated carbocycles. The maximum absolute atomic E-state index is 11.8. The average molecular weight is 363 g/mol. The van der Waals surface area contributed by atoms with Crippen LogP contribution in [0.5, 0.6) is 0 Å². The van der Waals surface area contributed by atoms with Crippen molar-refractivity contribution in [2.45, 2.75) is 38.6 Å². The van der Waals surface area contributed by atoms with Gasteiger partial charge in [0.2, 0.25) is 0 Å². The van der Waals surface area contributed by atoms with Gasteiger partial charge in [0.05, 0.1) is 18.4 Å². The first-order valence-corrected chi connectivity index (χ1v) is 9.63. The SMILES string of the molecule is CCc1cc(=O)[nH]c(CN2CCCC(c3ncc(-c4ccccc4)[nH]3)C2)n1. The Bertz CT molecular complexity index is 946. The molecule has 1 unspecified atom stereocenters. The Labute approximate surface area is 158 Å². The minimum atomic E-state index is -0.0658. The molecule has 6 heteroatoms. The zero-order valence-electron chi connectivity index (χ0n) is 15.6. The number of nitrogens with one attached hydrogen (secondary N) is 2. The number of H-pyrrole nitrogens is 2. The van der Waals surface area contributed by atoms with Crippen molar-refractivity contribution in [2.24, 2.45) is 0 Å². The third kappa shape index (κ3) is 4.17. The van der Waals surface area contributed by atoms with E-state index in [1.54, 1.807) is 6.07 Å². The summed E-state index contributed by atoms with van der Waals surface area (Å²) < 4.78 is 0. The Hall–Kier alpha value is -2.73. The second-order valence-corrected chi connectivity index (χ2v) is 7.16. The molecular formula is C21H25N5O. The van der Waals surface area contributed by atoms with E-state index < -0.39 is 0 Å². The molecule has 3 heterocycles. The third-order valence-electron chi connectivity index (χ3n) is 5.15. The van der Waals surface area contributed by atoms with Crippen molar-refractivity contribution in [2.75, 3.05) is 13.1 Å². The summed E-state index contributed by atoms with van der Waals surface area (Å²) in [5.41, 5.74) is 3.00. The number of hydrogen-bond acceptors (Lipinski definition) is 4. The van der Waals surface area contributed by atoms with E-state index >= 15 is 0 Å². The van der Waals surface area contributed by atoms with Crippen LogP contribution in [0.2, 0.25) is 0 Å². The summed E-state index contributed by atoms with van der Waals surface area (Å²) in [5.74, 6) is 2.17. The number of aromatic nitrogens is 4. The van der Waals surface area contributed by atoms with Crippen LogP contribution in [0.1, 0.15) is 43.0 Å². The molecule has 1 aliphatic rings. The van der Waals surface area contributed by atoms with Crippen molar-refractivity contribution in [3.05, 3.63) is 70.3 Å². The first kappa shape index (κ1) is 17.7. The molecule has 27 heavy (non-hydrogen) atoms. The smallest absolute Gasteiger partial charge is 0.251 e. The molecule has 6 nitrogen and oxygen atoms in total. The predicted molar refractivity (Wildman–Crippen MR) is 106 cm³/mol. The topological polar surface area (TPSA) is 77.7 Å². The lowest BCUT2D eigenvalue weighted by molar-refractivity contribution is 0.192. The molecule has 2 N–H and O–H groups in total. The van der Waals surface area contributed by atoms with Gasteiger partial charge in [-0.2, -0.15) is 0 Å². The van der Waals surface area contributed by atoms with Crippen LogP contribution in [-0.4, -0.2) is 37.9 Å². The van der Waals surface area contributed by atoms with Gasteiger partial charge in [0.15, 0.2) is 0 Å². The van der Waals surface area contributed by atoms with Crippen molar-refractivity contribution < 1.29 is 0 Å². The van der Waals surface area contributed by atoms with Crippen LogP contribution in [0.15, 0.2) is 47.4 Å². The lowest BCUT2D eigenvalue weighted by Gasteiger charge is -2.31. The predicted octanol–water partition coefficient (Wildman–Crippen LogP) is 3.10. The largest absolute Gasteiger partial charge is 0.342 e. The molecule has 0 aliphatic carbocycles. The lowest BCUT2D eigenvalue weighted by atomic mass is 9.97. The molecule has 1 saturated heterocycles. The van der Waals surface area contributed by atoms with Crippen molar-refractivity contribution in [1.82, 2.24) is 24.8 Å². The van der Waals surface area contributed by atoms with E-state index in [1.807, 2.05) is 31.3 Å². The monoisotopic (exact) mass is 363 g/mol. The highest BCUT2D eigenvalue weighted by Gasteiger charge is 2.24. The highest BCUT2D eigenvalue weighted by Crippen LogP contribution is 2.27. The van der Waals surface area contributed by atoms with E-state index in [1.165, 1.54) is 0 Å². The van der Waals surface area contributed by atoms with Crippen LogP contribution < -0.4 is 5.56 Å². The molecule has 3 aromatic rings. The molecule has 2 aromatic heterocycles. The van der Waals surface area contributed by atoms with Gasteiger partial charge in [0.1, 0.15) is 11.6 Å². The molecule has 1 aliphatic heterocycles. The maximum atomic E-state index is 11.8. The minimum absolute atomic E-state index is 0.0658. The molecule has 0 amide bonds. The summed E-state index contributed by atoms with van der Waals surface area (Å²) in [5, 5.41) is 0. The van der Waals surface area contributed by atoms with Gasteiger partial charge in [-0.25, -0.2) is 9.97 Å². The zero-order valence-corrected chi connectivity index (χ0v) is 15.6. The number of aromatic amines is 2. The Kier molecular flexibility index (Phi) is 5.16. The number of rotatable bonds is 5. The Morgan fingerprint density at radius 2 is 2.07 bits per heavy atom. The van der Waals surface area contributed by atoms with E-state index in [2.05, 4.69) is 37.0 Å². The first-order chi connectivity index (χ1) is 13.2. The number of piperidine rings is 1. The van der Waals surface area contributed by atoms with Gasteiger partial charge in [0.25, 0.3) is 5.56 Å². The molecule has 1 fully saturated rings. The van der Waals surface area contributed by atoms with Crippen molar-refractivity contribution in [1.29, 1.82) is 0 Å². The second-order valence-electron chi connectivity index (χ2n) is 7.16. The molecule has 0 bridgehead atoms. The molecule has 1 atom stereocenters. The summed E-state index contributed by atoms with van der Waals surface area (Å²) >= 11 is 0. The summed E-state index contributed by atoms with van der Waals surface area (Å²) in [6.45, 7) is 4.63. The summed E-state index contributed by atoms with van der Waals surface area (Å²) in [6, 6.07) is 11.9. The highest BCUT2D eigenvalue weighted by atomic mass is 16.1. The van der Waals surface area contributed by atoms with Crippen LogP contribution in [0.25, 0.3) is 11.3 Å². The number of likely N-dealkylation sites (tertiary alicyclic amines) is 1. The van der Waals surface area contributed by atoms with E-state index in [-0.39, 0.29) is 5.56 Å². The average Bonchev–Trinajstić information content (AvgIpc) is 3.19. The van der Waals surface area contributed by atoms with Crippen LogP contribution >= 0.6 is 0 Å². The fourth-order valence-electron chi connectivity index (χ4n) is 3.76. The van der Waals surface area contributed by atoms with E-state index in [0.29, 0.717) is 12.5 Å². The van der Waals surface area contributed by atoms with Gasteiger partial charge in [0, 0.05) is 24.2 Å². The molecule has 0 spiro atoms. The van der Waals surface area contributed by atoms with E-state index in [0.717, 1.165) is 61.0 Å². The molecular weight excluding hydrogens is 338 g/mol. The molecule has 1 aromatic carbocycles. The molecule has 4 rings (SSSR count). The molecule has 0 radical (unpaired) electrons. The van der Waals surface area contributed by atoms with Crippen LogP contribution in [0, 0.1) is 0 Å². The van der Waals surface area contributed by atoms with Gasteiger partial charge in [-0.05, 0) is 31.4 Å². The van der Waals surface area contributed by atoms with Crippen LogP contribution in [0.4, 0.5) is 0 Å². The van der Waals surface area contributed by atoms with Gasteiger partial charge in [-0.1, -0.05) is 37.3 Å². The van der Waals surface area contributed by atoms with Gasteiger partial charge in [-0.15, -0.1) is 0 Å². The van der Waals surface area contributed by atoms with Crippen LogP contribution in [-0.2, 0) is 13.0 Å². The second kappa shape index (κ2) is 7.88. The lowest BCUT2D eigenvalue weighted by Crippen LogP contribution is -2.35. The number of nitrogens with zero attached hydrogens (tertiary/aromatic N) is 3. The minimum Gasteiger partial charge on any atom is -0.342 e. The zero-order chi connectivity index (χ0) is 18.6.